The highest BCUT2D eigenvalue weighted by atomic mass is 79.9. The van der Waals surface area contributed by atoms with E-state index in [0.717, 1.165) is 0 Å². The topological polar surface area (TPSA) is 70.2 Å². The summed E-state index contributed by atoms with van der Waals surface area (Å²) in [6.45, 7) is 0.980. The molecule has 1 saturated carbocycles. The van der Waals surface area contributed by atoms with Gasteiger partial charge in [-0.2, -0.15) is 4.68 Å². The van der Waals surface area contributed by atoms with Gasteiger partial charge in [-0.25, -0.2) is 0 Å². The van der Waals surface area contributed by atoms with Gasteiger partial charge >= 0.3 is 5.82 Å². The van der Waals surface area contributed by atoms with Crippen molar-refractivity contribution in [2.45, 2.75) is 19.6 Å². The quantitative estimate of drug-likeness (QED) is 0.608. The molecule has 0 spiro atoms. The molecule has 0 aromatic carbocycles. The van der Waals surface area contributed by atoms with Crippen molar-refractivity contribution in [1.29, 1.82) is 0 Å². The van der Waals surface area contributed by atoms with Crippen molar-refractivity contribution in [3.63, 3.8) is 0 Å². The minimum atomic E-state index is -0.526. The molecule has 1 heterocycles. The Balaban J connectivity index is 1.89. The molecule has 15 heavy (non-hydrogen) atoms. The zero-order valence-corrected chi connectivity index (χ0v) is 9.51. The molecule has 0 saturated heterocycles. The summed E-state index contributed by atoms with van der Waals surface area (Å²) in [4.78, 5) is 9.96. The molecule has 1 fully saturated rings. The lowest BCUT2D eigenvalue weighted by Crippen LogP contribution is -2.05. The molecule has 0 amide bonds. The molecule has 82 valence electrons. The lowest BCUT2D eigenvalue weighted by Gasteiger charge is -1.98. The maximum absolute atomic E-state index is 10.5. The summed E-state index contributed by atoms with van der Waals surface area (Å²) >= 11 is 3.07. The zero-order chi connectivity index (χ0) is 10.8. The van der Waals surface area contributed by atoms with Crippen LogP contribution < -0.4 is 0 Å². The molecule has 0 aliphatic heterocycles. The van der Waals surface area contributed by atoms with Crippen molar-refractivity contribution in [1.82, 2.24) is 9.78 Å². The van der Waals surface area contributed by atoms with Crippen LogP contribution in [0.3, 0.4) is 0 Å². The van der Waals surface area contributed by atoms with E-state index in [1.807, 2.05) is 0 Å². The number of nitrogens with zero attached hydrogens (tertiary/aromatic N) is 3. The van der Waals surface area contributed by atoms with Crippen LogP contribution in [0.2, 0.25) is 0 Å². The summed E-state index contributed by atoms with van der Waals surface area (Å²) in [7, 11) is 0. The van der Waals surface area contributed by atoms with Crippen LogP contribution in [0.25, 0.3) is 0 Å². The first kappa shape index (κ1) is 10.6. The minimum absolute atomic E-state index is 0.176. The smallest absolute Gasteiger partial charge is 0.358 e. The van der Waals surface area contributed by atoms with Crippen LogP contribution in [0.5, 0.6) is 0 Å². The number of hydrogen-bond donors (Lipinski definition) is 0. The standard InChI is InChI=1S/C8H10BrN3O3/c9-7-3-11(10-8(7)12(13)14)5-15-4-6-1-2-6/h3,6H,1-2,4-5H2. The highest BCUT2D eigenvalue weighted by molar-refractivity contribution is 9.10. The Morgan fingerprint density at radius 1 is 1.73 bits per heavy atom. The van der Waals surface area contributed by atoms with Gasteiger partial charge in [-0.15, -0.1) is 0 Å². The second kappa shape index (κ2) is 4.28. The molecule has 0 atom stereocenters. The maximum atomic E-state index is 10.5. The zero-order valence-electron chi connectivity index (χ0n) is 7.93. The molecule has 0 bridgehead atoms. The Hall–Kier alpha value is -0.950. The number of ether oxygens (including phenoxy) is 1. The molecular formula is C8H10BrN3O3. The average molecular weight is 276 g/mol. The number of nitro groups is 1. The van der Waals surface area contributed by atoms with Crippen LogP contribution in [0.15, 0.2) is 10.7 Å². The summed E-state index contributed by atoms with van der Waals surface area (Å²) in [5, 5.41) is 14.3. The molecule has 1 aliphatic rings. The third kappa shape index (κ3) is 2.75. The summed E-state index contributed by atoms with van der Waals surface area (Å²) in [5.74, 6) is 0.504. The Morgan fingerprint density at radius 3 is 3.00 bits per heavy atom. The molecule has 0 unspecified atom stereocenters. The van der Waals surface area contributed by atoms with E-state index in [2.05, 4.69) is 21.0 Å². The summed E-state index contributed by atoms with van der Waals surface area (Å²) < 4.78 is 7.15. The summed E-state index contributed by atoms with van der Waals surface area (Å²) in [5.41, 5.74) is 0. The fourth-order valence-electron chi connectivity index (χ4n) is 1.17. The molecule has 1 aromatic rings. The van der Waals surface area contributed by atoms with Crippen LogP contribution in [0, 0.1) is 16.0 Å². The first-order chi connectivity index (χ1) is 7.16. The molecule has 0 N–H and O–H groups in total. The van der Waals surface area contributed by atoms with Gasteiger partial charge in [-0.1, -0.05) is 0 Å². The highest BCUT2D eigenvalue weighted by Crippen LogP contribution is 2.29. The molecule has 6 nitrogen and oxygen atoms in total. The fraction of sp³-hybridized carbons (Fsp3) is 0.625. The van der Waals surface area contributed by atoms with E-state index in [0.29, 0.717) is 17.0 Å². The van der Waals surface area contributed by atoms with E-state index in [-0.39, 0.29) is 12.5 Å². The van der Waals surface area contributed by atoms with Gasteiger partial charge in [0.2, 0.25) is 0 Å². The van der Waals surface area contributed by atoms with Crippen molar-refractivity contribution >= 4 is 21.7 Å². The fourth-order valence-corrected chi connectivity index (χ4v) is 1.63. The number of aromatic nitrogens is 2. The monoisotopic (exact) mass is 275 g/mol. The van der Waals surface area contributed by atoms with E-state index in [1.165, 1.54) is 17.5 Å². The van der Waals surface area contributed by atoms with Crippen LogP contribution >= 0.6 is 15.9 Å². The Bertz CT molecular complexity index is 375. The predicted octanol–water partition coefficient (Wildman–Crippen LogP) is 1.94. The van der Waals surface area contributed by atoms with Crippen molar-refractivity contribution in [3.05, 3.63) is 20.8 Å². The number of halogens is 1. The largest absolute Gasteiger partial charge is 0.404 e. The van der Waals surface area contributed by atoms with Gasteiger partial charge < -0.3 is 14.9 Å². The van der Waals surface area contributed by atoms with Crippen molar-refractivity contribution in [3.8, 4) is 0 Å². The van der Waals surface area contributed by atoms with Gasteiger partial charge in [0, 0.05) is 0 Å². The average Bonchev–Trinajstić information content (AvgIpc) is 2.90. The SMILES string of the molecule is O=[N+]([O-])c1nn(COCC2CC2)cc1Br. The van der Waals surface area contributed by atoms with Gasteiger partial charge in [0.25, 0.3) is 0 Å². The number of rotatable bonds is 5. The third-order valence-electron chi connectivity index (χ3n) is 2.15. The number of hydrogen-bond acceptors (Lipinski definition) is 4. The predicted molar refractivity (Wildman–Crippen MR) is 55.3 cm³/mol. The first-order valence-corrected chi connectivity index (χ1v) is 5.41. The van der Waals surface area contributed by atoms with Gasteiger partial charge in [0.15, 0.2) is 6.73 Å². The third-order valence-corrected chi connectivity index (χ3v) is 2.71. The second-order valence-electron chi connectivity index (χ2n) is 3.54. The van der Waals surface area contributed by atoms with Crippen LogP contribution in [-0.2, 0) is 11.5 Å². The van der Waals surface area contributed by atoms with Crippen LogP contribution in [-0.4, -0.2) is 21.3 Å². The molecule has 1 aliphatic carbocycles. The lowest BCUT2D eigenvalue weighted by molar-refractivity contribution is -0.390. The van der Waals surface area contributed by atoms with Gasteiger partial charge in [0.1, 0.15) is 4.47 Å². The molecule has 1 aromatic heterocycles. The maximum Gasteiger partial charge on any atom is 0.404 e. The lowest BCUT2D eigenvalue weighted by atomic mass is 10.5. The van der Waals surface area contributed by atoms with Gasteiger partial charge in [-0.3, -0.25) is 0 Å². The molecule has 2 rings (SSSR count). The van der Waals surface area contributed by atoms with Crippen molar-refractivity contribution < 1.29 is 9.66 Å². The van der Waals surface area contributed by atoms with E-state index in [9.17, 15) is 10.1 Å². The summed E-state index contributed by atoms with van der Waals surface area (Å²) in [6, 6.07) is 0. The van der Waals surface area contributed by atoms with Crippen molar-refractivity contribution in [2.24, 2.45) is 5.92 Å². The molecule has 0 radical (unpaired) electrons. The second-order valence-corrected chi connectivity index (χ2v) is 4.39. The Kier molecular flexibility index (Phi) is 3.01. The van der Waals surface area contributed by atoms with Crippen LogP contribution in [0.1, 0.15) is 12.8 Å². The van der Waals surface area contributed by atoms with E-state index in [4.69, 9.17) is 4.74 Å². The Morgan fingerprint density at radius 2 is 2.47 bits per heavy atom. The first-order valence-electron chi connectivity index (χ1n) is 4.62. The molecular weight excluding hydrogens is 266 g/mol. The summed E-state index contributed by atoms with van der Waals surface area (Å²) in [6.07, 6.45) is 4.00. The minimum Gasteiger partial charge on any atom is -0.358 e. The normalized spacial score (nSPS) is 15.5. The van der Waals surface area contributed by atoms with E-state index >= 15 is 0 Å². The molecule has 7 heteroatoms. The van der Waals surface area contributed by atoms with Crippen molar-refractivity contribution in [2.75, 3.05) is 6.61 Å². The highest BCUT2D eigenvalue weighted by Gasteiger charge is 2.22. The van der Waals surface area contributed by atoms with Gasteiger partial charge in [-0.05, 0) is 39.6 Å². The van der Waals surface area contributed by atoms with E-state index in [1.54, 1.807) is 6.20 Å². The van der Waals surface area contributed by atoms with E-state index < -0.39 is 4.92 Å². The van der Waals surface area contributed by atoms with Crippen LogP contribution in [0.4, 0.5) is 5.82 Å². The van der Waals surface area contributed by atoms with Gasteiger partial charge in [0.05, 0.1) is 17.9 Å². The Labute approximate surface area is 94.5 Å².